The Labute approximate surface area is 109 Å². The van der Waals surface area contributed by atoms with Crippen LogP contribution in [-0.4, -0.2) is 36.8 Å². The molecule has 0 bridgehead atoms. The number of rotatable bonds is 7. The molecule has 0 saturated carbocycles. The SMILES string of the molecule is N#CCOc1cccc(NC(=O)COCC(=O)O)c1. The summed E-state index contributed by atoms with van der Waals surface area (Å²) in [5.41, 5.74) is 0.472. The number of carbonyl (C=O) groups excluding carboxylic acids is 1. The lowest BCUT2D eigenvalue weighted by Crippen LogP contribution is -2.20. The van der Waals surface area contributed by atoms with Crippen LogP contribution < -0.4 is 10.1 Å². The summed E-state index contributed by atoms with van der Waals surface area (Å²) in [6.45, 7) is -0.965. The van der Waals surface area contributed by atoms with E-state index in [9.17, 15) is 9.59 Å². The van der Waals surface area contributed by atoms with Crippen LogP contribution in [0.5, 0.6) is 5.75 Å². The maximum atomic E-state index is 11.4. The quantitative estimate of drug-likeness (QED) is 0.747. The summed E-state index contributed by atoms with van der Waals surface area (Å²) in [7, 11) is 0. The lowest BCUT2D eigenvalue weighted by molar-refractivity contribution is -0.143. The van der Waals surface area contributed by atoms with E-state index in [2.05, 4.69) is 10.1 Å². The van der Waals surface area contributed by atoms with Crippen LogP contribution in [0.25, 0.3) is 0 Å². The van der Waals surface area contributed by atoms with Crippen LogP contribution in [0.4, 0.5) is 5.69 Å². The molecule has 0 unspecified atom stereocenters. The van der Waals surface area contributed by atoms with E-state index in [-0.39, 0.29) is 13.2 Å². The smallest absolute Gasteiger partial charge is 0.329 e. The van der Waals surface area contributed by atoms with Crippen molar-refractivity contribution < 1.29 is 24.2 Å². The zero-order valence-corrected chi connectivity index (χ0v) is 9.96. The molecule has 0 aliphatic carbocycles. The number of nitrogens with zero attached hydrogens (tertiary/aromatic N) is 1. The normalized spacial score (nSPS) is 9.42. The molecule has 0 aliphatic rings. The number of hydrogen-bond acceptors (Lipinski definition) is 5. The highest BCUT2D eigenvalue weighted by Gasteiger charge is 2.05. The van der Waals surface area contributed by atoms with Crippen LogP contribution in [0, 0.1) is 11.3 Å². The summed E-state index contributed by atoms with van der Waals surface area (Å²) in [6.07, 6.45) is 0. The summed E-state index contributed by atoms with van der Waals surface area (Å²) in [6, 6.07) is 8.31. The van der Waals surface area contributed by atoms with Gasteiger partial charge in [0.25, 0.3) is 0 Å². The maximum Gasteiger partial charge on any atom is 0.329 e. The Morgan fingerprint density at radius 1 is 1.37 bits per heavy atom. The average Bonchev–Trinajstić information content (AvgIpc) is 2.36. The van der Waals surface area contributed by atoms with Gasteiger partial charge in [-0.05, 0) is 12.1 Å². The number of carboxylic acid groups (broad SMARTS) is 1. The molecule has 0 aromatic heterocycles. The standard InChI is InChI=1S/C12H12N2O5/c13-4-5-19-10-3-1-2-9(6-10)14-11(15)7-18-8-12(16)17/h1-3,6H,5,7-8H2,(H,14,15)(H,16,17). The molecule has 0 fully saturated rings. The Kier molecular flexibility index (Phi) is 5.85. The number of anilines is 1. The topological polar surface area (TPSA) is 109 Å². The molecule has 1 rings (SSSR count). The Morgan fingerprint density at radius 2 is 2.16 bits per heavy atom. The third-order valence-corrected chi connectivity index (χ3v) is 1.88. The van der Waals surface area contributed by atoms with Crippen LogP contribution in [0.15, 0.2) is 24.3 Å². The number of nitrogens with one attached hydrogen (secondary N) is 1. The van der Waals surface area contributed by atoms with Gasteiger partial charge in [0.15, 0.2) is 6.61 Å². The molecule has 100 valence electrons. The number of benzene rings is 1. The van der Waals surface area contributed by atoms with Gasteiger partial charge in [-0.2, -0.15) is 5.26 Å². The zero-order chi connectivity index (χ0) is 14.1. The second-order valence-corrected chi connectivity index (χ2v) is 3.41. The largest absolute Gasteiger partial charge is 0.480 e. The highest BCUT2D eigenvalue weighted by Crippen LogP contribution is 2.17. The third-order valence-electron chi connectivity index (χ3n) is 1.88. The molecular formula is C12H12N2O5. The van der Waals surface area contributed by atoms with E-state index in [1.165, 1.54) is 0 Å². The monoisotopic (exact) mass is 264 g/mol. The van der Waals surface area contributed by atoms with Crippen molar-refractivity contribution in [1.82, 2.24) is 0 Å². The van der Waals surface area contributed by atoms with Gasteiger partial charge in [-0.1, -0.05) is 6.07 Å². The van der Waals surface area contributed by atoms with Gasteiger partial charge in [0, 0.05) is 11.8 Å². The summed E-state index contributed by atoms with van der Waals surface area (Å²) >= 11 is 0. The fraction of sp³-hybridized carbons (Fsp3) is 0.250. The van der Waals surface area contributed by atoms with Crippen LogP contribution >= 0.6 is 0 Å². The zero-order valence-electron chi connectivity index (χ0n) is 9.96. The molecule has 2 N–H and O–H groups in total. The number of nitriles is 1. The Hall–Kier alpha value is -2.59. The number of ether oxygens (including phenoxy) is 2. The number of carbonyl (C=O) groups is 2. The van der Waals surface area contributed by atoms with Gasteiger partial charge in [0.05, 0.1) is 0 Å². The molecule has 0 radical (unpaired) electrons. The van der Waals surface area contributed by atoms with Crippen molar-refractivity contribution in [2.75, 3.05) is 25.1 Å². The van der Waals surface area contributed by atoms with E-state index in [4.69, 9.17) is 15.1 Å². The first-order valence-corrected chi connectivity index (χ1v) is 5.31. The molecule has 19 heavy (non-hydrogen) atoms. The first-order chi connectivity index (χ1) is 9.11. The summed E-state index contributed by atoms with van der Waals surface area (Å²) in [5, 5.41) is 19.2. The Balaban J connectivity index is 2.45. The number of aliphatic carboxylic acids is 1. The predicted molar refractivity (Wildman–Crippen MR) is 64.6 cm³/mol. The summed E-state index contributed by atoms with van der Waals surface area (Å²) in [5.74, 6) is -1.16. The molecule has 0 aliphatic heterocycles. The summed E-state index contributed by atoms with van der Waals surface area (Å²) < 4.78 is 9.71. The van der Waals surface area contributed by atoms with Gasteiger partial charge >= 0.3 is 5.97 Å². The lowest BCUT2D eigenvalue weighted by Gasteiger charge is -2.07. The van der Waals surface area contributed by atoms with E-state index in [0.29, 0.717) is 11.4 Å². The number of hydrogen-bond donors (Lipinski definition) is 2. The molecule has 7 heteroatoms. The average molecular weight is 264 g/mol. The van der Waals surface area contributed by atoms with Gasteiger partial charge in [-0.15, -0.1) is 0 Å². The number of carboxylic acids is 1. The van der Waals surface area contributed by atoms with Crippen molar-refractivity contribution in [2.24, 2.45) is 0 Å². The van der Waals surface area contributed by atoms with E-state index < -0.39 is 18.5 Å². The number of amides is 1. The molecule has 7 nitrogen and oxygen atoms in total. The first kappa shape index (κ1) is 14.5. The van der Waals surface area contributed by atoms with Gasteiger partial charge in [-0.3, -0.25) is 4.79 Å². The minimum absolute atomic E-state index is 0.0842. The minimum Gasteiger partial charge on any atom is -0.480 e. The molecule has 1 amide bonds. The highest BCUT2D eigenvalue weighted by molar-refractivity contribution is 5.92. The fourth-order valence-electron chi connectivity index (χ4n) is 1.21. The van der Waals surface area contributed by atoms with Crippen molar-refractivity contribution in [1.29, 1.82) is 5.26 Å². The van der Waals surface area contributed by atoms with Crippen molar-refractivity contribution in [3.8, 4) is 11.8 Å². The highest BCUT2D eigenvalue weighted by atomic mass is 16.5. The van der Waals surface area contributed by atoms with Crippen LogP contribution in [0.2, 0.25) is 0 Å². The predicted octanol–water partition coefficient (Wildman–Crippen LogP) is 0.629. The van der Waals surface area contributed by atoms with Crippen molar-refractivity contribution >= 4 is 17.6 Å². The van der Waals surface area contributed by atoms with Gasteiger partial charge in [0.2, 0.25) is 5.91 Å². The second-order valence-electron chi connectivity index (χ2n) is 3.41. The molecule has 0 saturated heterocycles. The van der Waals surface area contributed by atoms with Crippen LogP contribution in [0.1, 0.15) is 0 Å². The third kappa shape index (κ3) is 6.05. The molecule has 0 spiro atoms. The van der Waals surface area contributed by atoms with E-state index in [1.54, 1.807) is 24.3 Å². The van der Waals surface area contributed by atoms with Crippen molar-refractivity contribution in [2.45, 2.75) is 0 Å². The van der Waals surface area contributed by atoms with Crippen LogP contribution in [0.3, 0.4) is 0 Å². The molecule has 0 atom stereocenters. The van der Waals surface area contributed by atoms with E-state index in [1.807, 2.05) is 6.07 Å². The molecular weight excluding hydrogens is 252 g/mol. The first-order valence-electron chi connectivity index (χ1n) is 5.31. The Bertz CT molecular complexity index is 495. The maximum absolute atomic E-state index is 11.4. The van der Waals surface area contributed by atoms with Crippen molar-refractivity contribution in [3.63, 3.8) is 0 Å². The van der Waals surface area contributed by atoms with Gasteiger partial charge in [0.1, 0.15) is 25.0 Å². The van der Waals surface area contributed by atoms with Gasteiger partial charge in [-0.25, -0.2) is 4.79 Å². The Morgan fingerprint density at radius 3 is 2.84 bits per heavy atom. The van der Waals surface area contributed by atoms with E-state index >= 15 is 0 Å². The van der Waals surface area contributed by atoms with Gasteiger partial charge < -0.3 is 19.9 Å². The van der Waals surface area contributed by atoms with Crippen molar-refractivity contribution in [3.05, 3.63) is 24.3 Å². The van der Waals surface area contributed by atoms with E-state index in [0.717, 1.165) is 0 Å². The fourth-order valence-corrected chi connectivity index (χ4v) is 1.21. The van der Waals surface area contributed by atoms with Crippen LogP contribution in [-0.2, 0) is 14.3 Å². The molecule has 1 aromatic carbocycles. The second kappa shape index (κ2) is 7.68. The lowest BCUT2D eigenvalue weighted by atomic mass is 10.3. The summed E-state index contributed by atoms with van der Waals surface area (Å²) in [4.78, 5) is 21.6. The minimum atomic E-state index is -1.14. The molecule has 0 heterocycles. The molecule has 1 aromatic rings.